The molecule has 0 saturated carbocycles. The van der Waals surface area contributed by atoms with Crippen LogP contribution in [-0.4, -0.2) is 29.9 Å². The number of nitrogens with zero attached hydrogens (tertiary/aromatic N) is 2. The Morgan fingerprint density at radius 3 is 2.79 bits per heavy atom. The van der Waals surface area contributed by atoms with E-state index in [0.717, 1.165) is 5.69 Å². The van der Waals surface area contributed by atoms with Gasteiger partial charge < -0.3 is 10.2 Å². The number of carbonyl (C=O) groups excluding carboxylic acids is 2. The van der Waals surface area contributed by atoms with Gasteiger partial charge in [-0.05, 0) is 24.3 Å². The topological polar surface area (TPSA) is 62.3 Å². The maximum absolute atomic E-state index is 12.3. The van der Waals surface area contributed by atoms with Crippen LogP contribution < -0.4 is 10.2 Å². The Labute approximate surface area is 145 Å². The zero-order valence-electron chi connectivity index (χ0n) is 13.1. The molecule has 1 aromatic carbocycles. The molecular weight excluding hydrogens is 326 g/mol. The maximum Gasteiger partial charge on any atom is 0.227 e. The minimum atomic E-state index is -0.350. The van der Waals surface area contributed by atoms with Crippen molar-refractivity contribution in [1.82, 2.24) is 10.3 Å². The molecule has 1 fully saturated rings. The van der Waals surface area contributed by atoms with Gasteiger partial charge >= 0.3 is 0 Å². The van der Waals surface area contributed by atoms with Crippen LogP contribution in [0.1, 0.15) is 12.1 Å². The smallest absolute Gasteiger partial charge is 0.227 e. The number of nitrogens with one attached hydrogen (secondary N) is 1. The molecule has 2 aromatic rings. The number of pyridine rings is 1. The van der Waals surface area contributed by atoms with Crippen LogP contribution >= 0.6 is 11.6 Å². The summed E-state index contributed by atoms with van der Waals surface area (Å²) in [7, 11) is 0. The van der Waals surface area contributed by atoms with E-state index in [-0.39, 0.29) is 24.2 Å². The summed E-state index contributed by atoms with van der Waals surface area (Å²) in [6, 6.07) is 12.9. The SMILES string of the molecule is O=C(NCCc1ccccn1)[C@@H]1CC(=O)N(c2ccccc2Cl)C1. The van der Waals surface area contributed by atoms with Gasteiger partial charge in [-0.15, -0.1) is 0 Å². The van der Waals surface area contributed by atoms with Gasteiger partial charge in [-0.1, -0.05) is 29.8 Å². The fraction of sp³-hybridized carbons (Fsp3) is 0.278. The van der Waals surface area contributed by atoms with Crippen molar-refractivity contribution in [3.05, 3.63) is 59.4 Å². The number of aromatic nitrogens is 1. The number of para-hydroxylation sites is 1. The molecule has 24 heavy (non-hydrogen) atoms. The quantitative estimate of drug-likeness (QED) is 0.907. The van der Waals surface area contributed by atoms with Crippen molar-refractivity contribution in [3.8, 4) is 0 Å². The van der Waals surface area contributed by atoms with Crippen LogP contribution in [0.25, 0.3) is 0 Å². The van der Waals surface area contributed by atoms with E-state index in [0.29, 0.717) is 30.2 Å². The molecule has 1 aliphatic rings. The van der Waals surface area contributed by atoms with Gasteiger partial charge in [0.2, 0.25) is 11.8 Å². The fourth-order valence-corrected chi connectivity index (χ4v) is 3.03. The number of benzene rings is 1. The number of carbonyl (C=O) groups is 2. The molecule has 6 heteroatoms. The number of halogens is 1. The normalized spacial score (nSPS) is 17.1. The molecule has 1 aromatic heterocycles. The highest BCUT2D eigenvalue weighted by Crippen LogP contribution is 2.30. The lowest BCUT2D eigenvalue weighted by atomic mass is 10.1. The first kappa shape index (κ1) is 16.5. The third-order valence-corrected chi connectivity index (χ3v) is 4.37. The van der Waals surface area contributed by atoms with E-state index in [1.165, 1.54) is 0 Å². The van der Waals surface area contributed by atoms with Gasteiger partial charge in [0.15, 0.2) is 0 Å². The summed E-state index contributed by atoms with van der Waals surface area (Å²) in [6.07, 6.45) is 2.61. The van der Waals surface area contributed by atoms with Gasteiger partial charge in [0.1, 0.15) is 0 Å². The summed E-state index contributed by atoms with van der Waals surface area (Å²) >= 11 is 6.15. The standard InChI is InChI=1S/C18H18ClN3O2/c19-15-6-1-2-7-16(15)22-12-13(11-17(22)23)18(24)21-10-8-14-5-3-4-9-20-14/h1-7,9,13H,8,10-12H2,(H,21,24)/t13-/m1/s1. The number of amides is 2. The second kappa shape index (κ2) is 7.45. The Balaban J connectivity index is 1.55. The molecule has 0 bridgehead atoms. The molecule has 0 unspecified atom stereocenters. The molecule has 124 valence electrons. The van der Waals surface area contributed by atoms with Crippen LogP contribution in [0, 0.1) is 5.92 Å². The second-order valence-corrected chi connectivity index (χ2v) is 6.13. The molecule has 1 aliphatic heterocycles. The van der Waals surface area contributed by atoms with Crippen LogP contribution in [0.4, 0.5) is 5.69 Å². The molecule has 0 radical (unpaired) electrons. The number of rotatable bonds is 5. The van der Waals surface area contributed by atoms with E-state index in [1.807, 2.05) is 30.3 Å². The van der Waals surface area contributed by atoms with Crippen molar-refractivity contribution in [3.63, 3.8) is 0 Å². The van der Waals surface area contributed by atoms with Crippen LogP contribution in [0.3, 0.4) is 0 Å². The van der Waals surface area contributed by atoms with Crippen LogP contribution in [-0.2, 0) is 16.0 Å². The average Bonchev–Trinajstić information content (AvgIpc) is 2.98. The van der Waals surface area contributed by atoms with Crippen LogP contribution in [0.15, 0.2) is 48.7 Å². The van der Waals surface area contributed by atoms with E-state index in [4.69, 9.17) is 11.6 Å². The molecule has 1 N–H and O–H groups in total. The molecule has 2 amide bonds. The van der Waals surface area contributed by atoms with Crippen LogP contribution in [0.5, 0.6) is 0 Å². The average molecular weight is 344 g/mol. The highest BCUT2D eigenvalue weighted by Gasteiger charge is 2.35. The van der Waals surface area contributed by atoms with Gasteiger partial charge in [0, 0.05) is 37.8 Å². The lowest BCUT2D eigenvalue weighted by molar-refractivity contribution is -0.126. The number of hydrogen-bond donors (Lipinski definition) is 1. The van der Waals surface area contributed by atoms with Gasteiger partial charge in [-0.3, -0.25) is 14.6 Å². The molecule has 3 rings (SSSR count). The van der Waals surface area contributed by atoms with Crippen molar-refractivity contribution in [2.45, 2.75) is 12.8 Å². The monoisotopic (exact) mass is 343 g/mol. The second-order valence-electron chi connectivity index (χ2n) is 5.72. The number of hydrogen-bond acceptors (Lipinski definition) is 3. The lowest BCUT2D eigenvalue weighted by Gasteiger charge is -2.18. The molecule has 0 spiro atoms. The lowest BCUT2D eigenvalue weighted by Crippen LogP contribution is -2.34. The van der Waals surface area contributed by atoms with Crippen molar-refractivity contribution in [2.24, 2.45) is 5.92 Å². The minimum Gasteiger partial charge on any atom is -0.355 e. The first-order chi connectivity index (χ1) is 11.6. The van der Waals surface area contributed by atoms with E-state index in [2.05, 4.69) is 10.3 Å². The first-order valence-electron chi connectivity index (χ1n) is 7.87. The zero-order chi connectivity index (χ0) is 16.9. The molecule has 1 atom stereocenters. The Bertz CT molecular complexity index is 736. The molecule has 0 aliphatic carbocycles. The Kier molecular flexibility index (Phi) is 5.11. The minimum absolute atomic E-state index is 0.0759. The first-order valence-corrected chi connectivity index (χ1v) is 8.25. The molecule has 2 heterocycles. The highest BCUT2D eigenvalue weighted by atomic mass is 35.5. The maximum atomic E-state index is 12.3. The van der Waals surface area contributed by atoms with E-state index in [9.17, 15) is 9.59 Å². The highest BCUT2D eigenvalue weighted by molar-refractivity contribution is 6.33. The van der Waals surface area contributed by atoms with E-state index < -0.39 is 0 Å². The summed E-state index contributed by atoms with van der Waals surface area (Å²) in [5.41, 5.74) is 1.59. The van der Waals surface area contributed by atoms with Gasteiger partial charge in [-0.25, -0.2) is 0 Å². The Morgan fingerprint density at radius 2 is 2.04 bits per heavy atom. The predicted molar refractivity (Wildman–Crippen MR) is 92.9 cm³/mol. The van der Waals surface area contributed by atoms with Crippen LogP contribution in [0.2, 0.25) is 5.02 Å². The summed E-state index contributed by atoms with van der Waals surface area (Å²) in [5.74, 6) is -0.528. The van der Waals surface area contributed by atoms with Gasteiger partial charge in [0.05, 0.1) is 16.6 Å². The summed E-state index contributed by atoms with van der Waals surface area (Å²) in [4.78, 5) is 30.3. The van der Waals surface area contributed by atoms with Crippen molar-refractivity contribution >= 4 is 29.1 Å². The summed E-state index contributed by atoms with van der Waals surface area (Å²) in [5, 5.41) is 3.41. The van der Waals surface area contributed by atoms with Gasteiger partial charge in [0.25, 0.3) is 0 Å². The Morgan fingerprint density at radius 1 is 1.25 bits per heavy atom. The third-order valence-electron chi connectivity index (χ3n) is 4.05. The fourth-order valence-electron chi connectivity index (χ4n) is 2.79. The molecule has 1 saturated heterocycles. The third kappa shape index (κ3) is 3.74. The number of anilines is 1. The van der Waals surface area contributed by atoms with Crippen molar-refractivity contribution in [1.29, 1.82) is 0 Å². The van der Waals surface area contributed by atoms with Gasteiger partial charge in [-0.2, -0.15) is 0 Å². The largest absolute Gasteiger partial charge is 0.355 e. The Hall–Kier alpha value is -2.40. The molecular formula is C18H18ClN3O2. The van der Waals surface area contributed by atoms with Crippen molar-refractivity contribution < 1.29 is 9.59 Å². The van der Waals surface area contributed by atoms with E-state index in [1.54, 1.807) is 23.2 Å². The predicted octanol–water partition coefficient (Wildman–Crippen LogP) is 2.45. The summed E-state index contributed by atoms with van der Waals surface area (Å²) in [6.45, 7) is 0.866. The van der Waals surface area contributed by atoms with E-state index >= 15 is 0 Å². The zero-order valence-corrected chi connectivity index (χ0v) is 13.9. The summed E-state index contributed by atoms with van der Waals surface area (Å²) < 4.78 is 0. The van der Waals surface area contributed by atoms with Crippen molar-refractivity contribution in [2.75, 3.05) is 18.0 Å². The molecule has 5 nitrogen and oxygen atoms in total.